The number of carbonyl (C=O) groups is 2. The highest BCUT2D eigenvalue weighted by molar-refractivity contribution is 5.90. The lowest BCUT2D eigenvalue weighted by atomic mass is 10.4. The molecule has 0 aromatic carbocycles. The Labute approximate surface area is 86.8 Å². The van der Waals surface area contributed by atoms with Crippen molar-refractivity contribution in [1.82, 2.24) is 4.57 Å². The second-order valence-electron chi connectivity index (χ2n) is 2.99. The van der Waals surface area contributed by atoms with Crippen LogP contribution in [0, 0.1) is 0 Å². The smallest absolute Gasteiger partial charge is 0.355 e. The largest absolute Gasteiger partial charge is 0.451 e. The van der Waals surface area contributed by atoms with Crippen LogP contribution in [0.1, 0.15) is 17.4 Å². The number of anilines is 1. The van der Waals surface area contributed by atoms with Crippen molar-refractivity contribution in [2.45, 2.75) is 13.5 Å². The summed E-state index contributed by atoms with van der Waals surface area (Å²) in [6.45, 7) is 2.04. The lowest BCUT2D eigenvalue weighted by Gasteiger charge is -2.04. The maximum Gasteiger partial charge on any atom is 0.355 e. The summed E-state index contributed by atoms with van der Waals surface area (Å²) in [7, 11) is 0. The summed E-state index contributed by atoms with van der Waals surface area (Å²) >= 11 is 0. The number of amides is 1. The van der Waals surface area contributed by atoms with Gasteiger partial charge in [0.2, 0.25) is 0 Å². The minimum atomic E-state index is -0.689. The minimum Gasteiger partial charge on any atom is -0.451 e. The third-order valence-corrected chi connectivity index (χ3v) is 1.81. The highest BCUT2D eigenvalue weighted by Gasteiger charge is 2.14. The first kappa shape index (κ1) is 11.1. The van der Waals surface area contributed by atoms with Crippen molar-refractivity contribution < 1.29 is 14.3 Å². The molecule has 0 saturated heterocycles. The van der Waals surface area contributed by atoms with Gasteiger partial charge in [0, 0.05) is 12.7 Å². The monoisotopic (exact) mass is 211 g/mol. The van der Waals surface area contributed by atoms with E-state index in [1.165, 1.54) is 6.07 Å². The molecule has 4 N–H and O–H groups in total. The van der Waals surface area contributed by atoms with Gasteiger partial charge in [0.25, 0.3) is 5.91 Å². The van der Waals surface area contributed by atoms with Gasteiger partial charge in [0.1, 0.15) is 5.69 Å². The van der Waals surface area contributed by atoms with Crippen molar-refractivity contribution in [2.75, 3.05) is 12.3 Å². The van der Waals surface area contributed by atoms with Gasteiger partial charge in [-0.3, -0.25) is 4.79 Å². The quantitative estimate of drug-likeness (QED) is 0.669. The number of primary amides is 1. The number of ether oxygens (including phenoxy) is 1. The van der Waals surface area contributed by atoms with Crippen LogP contribution in [0.25, 0.3) is 0 Å². The summed E-state index contributed by atoms with van der Waals surface area (Å²) in [5.74, 6) is -1.29. The number of rotatable bonds is 4. The first-order valence-electron chi connectivity index (χ1n) is 4.45. The number of aromatic nitrogens is 1. The summed E-state index contributed by atoms with van der Waals surface area (Å²) in [5.41, 5.74) is 11.2. The average Bonchev–Trinajstić information content (AvgIpc) is 2.56. The molecule has 1 heterocycles. The molecule has 1 aromatic rings. The second kappa shape index (κ2) is 4.50. The molecule has 1 amide bonds. The second-order valence-corrected chi connectivity index (χ2v) is 2.99. The molecular formula is C9H13N3O3. The van der Waals surface area contributed by atoms with Crippen molar-refractivity contribution in [1.29, 1.82) is 0 Å². The van der Waals surface area contributed by atoms with E-state index in [9.17, 15) is 9.59 Å². The van der Waals surface area contributed by atoms with Gasteiger partial charge in [-0.05, 0) is 13.0 Å². The third-order valence-electron chi connectivity index (χ3n) is 1.81. The topological polar surface area (TPSA) is 100 Å². The third kappa shape index (κ3) is 2.73. The Morgan fingerprint density at radius 3 is 2.73 bits per heavy atom. The molecule has 0 spiro atoms. The number of hydrogen-bond acceptors (Lipinski definition) is 4. The number of nitrogen functional groups attached to an aromatic ring is 1. The zero-order valence-electron chi connectivity index (χ0n) is 8.40. The molecule has 0 fully saturated rings. The van der Waals surface area contributed by atoms with Gasteiger partial charge in [-0.2, -0.15) is 0 Å². The van der Waals surface area contributed by atoms with E-state index in [0.717, 1.165) is 0 Å². The standard InChI is InChI=1S/C9H13N3O3/c1-2-12-4-6(10)3-7(12)9(14)15-5-8(11)13/h3-4H,2,5,10H2,1H3,(H2,11,13). The molecule has 0 aliphatic heterocycles. The predicted molar refractivity (Wildman–Crippen MR) is 54.0 cm³/mol. The van der Waals surface area contributed by atoms with Crippen molar-refractivity contribution in [2.24, 2.45) is 5.73 Å². The Balaban J connectivity index is 2.76. The van der Waals surface area contributed by atoms with Crippen molar-refractivity contribution >= 4 is 17.6 Å². The Kier molecular flexibility index (Phi) is 3.33. The van der Waals surface area contributed by atoms with E-state index in [2.05, 4.69) is 4.74 Å². The lowest BCUT2D eigenvalue weighted by Crippen LogP contribution is -2.22. The van der Waals surface area contributed by atoms with Crippen LogP contribution in [-0.2, 0) is 16.1 Å². The van der Waals surface area contributed by atoms with E-state index in [1.54, 1.807) is 10.8 Å². The van der Waals surface area contributed by atoms with Crippen molar-refractivity contribution in [3.8, 4) is 0 Å². The van der Waals surface area contributed by atoms with Gasteiger partial charge in [-0.1, -0.05) is 0 Å². The number of aryl methyl sites for hydroxylation is 1. The zero-order chi connectivity index (χ0) is 11.4. The molecule has 82 valence electrons. The van der Waals surface area contributed by atoms with Crippen LogP contribution in [0.4, 0.5) is 5.69 Å². The van der Waals surface area contributed by atoms with E-state index < -0.39 is 18.5 Å². The zero-order valence-corrected chi connectivity index (χ0v) is 8.40. The fourth-order valence-electron chi connectivity index (χ4n) is 1.18. The molecule has 1 rings (SSSR count). The van der Waals surface area contributed by atoms with E-state index >= 15 is 0 Å². The number of carbonyl (C=O) groups excluding carboxylic acids is 2. The molecule has 0 saturated carbocycles. The minimum absolute atomic E-state index is 0.316. The van der Waals surface area contributed by atoms with Crippen LogP contribution in [0.15, 0.2) is 12.3 Å². The van der Waals surface area contributed by atoms with Crippen molar-refractivity contribution in [3.63, 3.8) is 0 Å². The molecule has 6 nitrogen and oxygen atoms in total. The summed E-state index contributed by atoms with van der Waals surface area (Å²) in [6, 6.07) is 1.49. The van der Waals surface area contributed by atoms with Crippen LogP contribution < -0.4 is 11.5 Å². The van der Waals surface area contributed by atoms with E-state index in [0.29, 0.717) is 17.9 Å². The highest BCUT2D eigenvalue weighted by Crippen LogP contribution is 2.11. The Bertz CT molecular complexity index is 384. The van der Waals surface area contributed by atoms with Gasteiger partial charge in [-0.15, -0.1) is 0 Å². The lowest BCUT2D eigenvalue weighted by molar-refractivity contribution is -0.121. The van der Waals surface area contributed by atoms with Crippen LogP contribution in [0.5, 0.6) is 0 Å². The molecule has 6 heteroatoms. The fourth-order valence-corrected chi connectivity index (χ4v) is 1.18. The van der Waals surface area contributed by atoms with Crippen molar-refractivity contribution in [3.05, 3.63) is 18.0 Å². The number of nitrogens with zero attached hydrogens (tertiary/aromatic N) is 1. The van der Waals surface area contributed by atoms with E-state index in [1.807, 2.05) is 6.92 Å². The normalized spacial score (nSPS) is 9.93. The molecule has 0 aliphatic rings. The van der Waals surface area contributed by atoms with Gasteiger partial charge >= 0.3 is 5.97 Å². The number of nitrogens with two attached hydrogens (primary N) is 2. The van der Waals surface area contributed by atoms with Gasteiger partial charge in [0.15, 0.2) is 6.61 Å². The summed E-state index contributed by atoms with van der Waals surface area (Å²) in [4.78, 5) is 21.8. The van der Waals surface area contributed by atoms with Crippen LogP contribution in [0.2, 0.25) is 0 Å². The van der Waals surface area contributed by atoms with E-state index in [4.69, 9.17) is 11.5 Å². The molecule has 15 heavy (non-hydrogen) atoms. The molecule has 0 bridgehead atoms. The molecule has 0 radical (unpaired) electrons. The maximum atomic E-state index is 11.4. The fraction of sp³-hybridized carbons (Fsp3) is 0.333. The Hall–Kier alpha value is -1.98. The van der Waals surface area contributed by atoms with Crippen LogP contribution >= 0.6 is 0 Å². The highest BCUT2D eigenvalue weighted by atomic mass is 16.5. The van der Waals surface area contributed by atoms with Crippen LogP contribution in [-0.4, -0.2) is 23.1 Å². The van der Waals surface area contributed by atoms with Crippen LogP contribution in [0.3, 0.4) is 0 Å². The Morgan fingerprint density at radius 2 is 2.20 bits per heavy atom. The molecule has 0 atom stereocenters. The van der Waals surface area contributed by atoms with Gasteiger partial charge in [0.05, 0.1) is 5.69 Å². The van der Waals surface area contributed by atoms with E-state index in [-0.39, 0.29) is 0 Å². The van der Waals surface area contributed by atoms with Gasteiger partial charge < -0.3 is 20.8 Å². The molecule has 0 unspecified atom stereocenters. The molecule has 1 aromatic heterocycles. The summed E-state index contributed by atoms with van der Waals surface area (Å²) < 4.78 is 6.29. The summed E-state index contributed by atoms with van der Waals surface area (Å²) in [6.07, 6.45) is 1.63. The van der Waals surface area contributed by atoms with Gasteiger partial charge in [-0.25, -0.2) is 4.79 Å². The number of hydrogen-bond donors (Lipinski definition) is 2. The predicted octanol–water partition coefficient (Wildman–Crippen LogP) is -0.268. The SMILES string of the molecule is CCn1cc(N)cc1C(=O)OCC(N)=O. The number of esters is 1. The Morgan fingerprint density at radius 1 is 1.53 bits per heavy atom. The average molecular weight is 211 g/mol. The first-order chi connectivity index (χ1) is 7.04. The summed E-state index contributed by atoms with van der Waals surface area (Å²) in [5, 5.41) is 0. The molecular weight excluding hydrogens is 198 g/mol. The molecule has 0 aliphatic carbocycles. The first-order valence-corrected chi connectivity index (χ1v) is 4.45. The maximum absolute atomic E-state index is 11.4.